The average molecular weight is 359 g/mol. The Morgan fingerprint density at radius 2 is 1.85 bits per heavy atom. The molecule has 0 amide bonds. The Kier molecular flexibility index (Phi) is 3.71. The van der Waals surface area contributed by atoms with E-state index < -0.39 is 0 Å². The second kappa shape index (κ2) is 5.66. The molecule has 0 aliphatic carbocycles. The van der Waals surface area contributed by atoms with E-state index in [0.29, 0.717) is 0 Å². The summed E-state index contributed by atoms with van der Waals surface area (Å²) in [6.45, 7) is 17.2. The highest BCUT2D eigenvalue weighted by molar-refractivity contribution is 6.03. The quantitative estimate of drug-likeness (QED) is 0.484. The van der Waals surface area contributed by atoms with Crippen molar-refractivity contribution in [3.63, 3.8) is 0 Å². The maximum Gasteiger partial charge on any atom is 0.342 e. The molecule has 1 aromatic carbocycles. The lowest BCUT2D eigenvalue weighted by atomic mass is 9.61. The Labute approximate surface area is 160 Å². The van der Waals surface area contributed by atoms with E-state index in [4.69, 9.17) is 0 Å². The van der Waals surface area contributed by atoms with Gasteiger partial charge in [-0.25, -0.2) is 9.36 Å². The molecule has 0 saturated carbocycles. The number of benzene rings is 1. The van der Waals surface area contributed by atoms with Crippen molar-refractivity contribution in [1.29, 1.82) is 0 Å². The van der Waals surface area contributed by atoms with Gasteiger partial charge in [0.05, 0.1) is 17.6 Å². The molecule has 1 aliphatic rings. The number of pyridine rings is 1. The lowest BCUT2D eigenvalue weighted by Gasteiger charge is -2.47. The van der Waals surface area contributed by atoms with Crippen LogP contribution in [0.3, 0.4) is 0 Å². The van der Waals surface area contributed by atoms with Gasteiger partial charge < -0.3 is 0 Å². The standard InChI is InChI=1S/C24H27N2O/c1-7-16-17-12-11-13-18-21(17)22-25(24(6,10-4)23(18,5)9-3)15-14-20(27)26(22)19(16)8-2/h7-8,11-15H,1-2,9-10H2,3-6H3/q+1. The molecule has 2 unspecified atom stereocenters. The normalized spacial score (nSPS) is 23.9. The SMILES string of the molecule is C=Cc1c(C=C)n2c(=O)cc[n+]3c2c2c(cccc12)C(C)(CC)C3(C)CC. The fourth-order valence-corrected chi connectivity index (χ4v) is 5.20. The zero-order chi connectivity index (χ0) is 19.6. The molecule has 27 heavy (non-hydrogen) atoms. The first-order chi connectivity index (χ1) is 12.9. The van der Waals surface area contributed by atoms with E-state index in [1.165, 1.54) is 5.56 Å². The Balaban J connectivity index is 2.47. The van der Waals surface area contributed by atoms with Gasteiger partial charge in [-0.05, 0) is 31.4 Å². The summed E-state index contributed by atoms with van der Waals surface area (Å²) in [5.74, 6) is 0. The smallest absolute Gasteiger partial charge is 0.241 e. The molecule has 0 bridgehead atoms. The molecular formula is C24H27N2O+. The molecule has 3 heterocycles. The summed E-state index contributed by atoms with van der Waals surface area (Å²) < 4.78 is 4.14. The van der Waals surface area contributed by atoms with E-state index in [1.54, 1.807) is 12.1 Å². The van der Waals surface area contributed by atoms with Gasteiger partial charge in [0.25, 0.3) is 5.65 Å². The van der Waals surface area contributed by atoms with Gasteiger partial charge in [0.1, 0.15) is 11.2 Å². The van der Waals surface area contributed by atoms with E-state index in [0.717, 1.165) is 40.5 Å². The minimum absolute atomic E-state index is 0.0329. The lowest BCUT2D eigenvalue weighted by molar-refractivity contribution is -0.753. The maximum absolute atomic E-state index is 13.0. The lowest BCUT2D eigenvalue weighted by Crippen LogP contribution is -2.67. The van der Waals surface area contributed by atoms with Crippen LogP contribution in [0.25, 0.3) is 28.6 Å². The number of nitrogens with zero attached hydrogens (tertiary/aromatic N) is 2. The van der Waals surface area contributed by atoms with Crippen LogP contribution in [0.2, 0.25) is 0 Å². The van der Waals surface area contributed by atoms with Crippen LogP contribution >= 0.6 is 0 Å². The number of hydrogen-bond donors (Lipinski definition) is 0. The van der Waals surface area contributed by atoms with Crippen molar-refractivity contribution in [1.82, 2.24) is 4.40 Å². The molecule has 0 fully saturated rings. The van der Waals surface area contributed by atoms with E-state index in [-0.39, 0.29) is 16.5 Å². The van der Waals surface area contributed by atoms with Gasteiger partial charge in [-0.15, -0.1) is 0 Å². The summed E-state index contributed by atoms with van der Waals surface area (Å²) in [4.78, 5) is 13.0. The molecule has 0 N–H and O–H groups in total. The van der Waals surface area contributed by atoms with E-state index in [1.807, 2.05) is 16.7 Å². The first kappa shape index (κ1) is 17.7. The Bertz CT molecular complexity index is 1190. The van der Waals surface area contributed by atoms with Crippen LogP contribution in [0.1, 0.15) is 57.4 Å². The van der Waals surface area contributed by atoms with Crippen LogP contribution in [0.4, 0.5) is 0 Å². The minimum atomic E-state index is -0.143. The van der Waals surface area contributed by atoms with Crippen LogP contribution in [0.5, 0.6) is 0 Å². The molecule has 4 rings (SSSR count). The van der Waals surface area contributed by atoms with Crippen molar-refractivity contribution < 1.29 is 4.57 Å². The highest BCUT2D eigenvalue weighted by Gasteiger charge is 2.53. The molecule has 1 aliphatic heterocycles. The summed E-state index contributed by atoms with van der Waals surface area (Å²) >= 11 is 0. The predicted octanol–water partition coefficient (Wildman–Crippen LogP) is 4.83. The van der Waals surface area contributed by atoms with Crippen LogP contribution < -0.4 is 10.1 Å². The highest BCUT2D eigenvalue weighted by Crippen LogP contribution is 2.49. The van der Waals surface area contributed by atoms with Crippen molar-refractivity contribution >= 4 is 28.6 Å². The number of rotatable bonds is 4. The van der Waals surface area contributed by atoms with Crippen molar-refractivity contribution in [3.05, 3.63) is 70.8 Å². The van der Waals surface area contributed by atoms with Crippen LogP contribution in [-0.2, 0) is 11.0 Å². The third kappa shape index (κ3) is 1.87. The molecule has 0 radical (unpaired) electrons. The monoisotopic (exact) mass is 359 g/mol. The number of aromatic nitrogens is 2. The fourth-order valence-electron chi connectivity index (χ4n) is 5.20. The summed E-state index contributed by atoms with van der Waals surface area (Å²) in [5, 5.41) is 2.29. The third-order valence-electron chi connectivity index (χ3n) is 7.23. The Hall–Kier alpha value is -2.68. The Morgan fingerprint density at radius 3 is 2.44 bits per heavy atom. The predicted molar refractivity (Wildman–Crippen MR) is 113 cm³/mol. The molecule has 3 nitrogen and oxygen atoms in total. The second-order valence-electron chi connectivity index (χ2n) is 7.93. The largest absolute Gasteiger partial charge is 0.342 e. The molecule has 0 saturated heterocycles. The summed E-state index contributed by atoms with van der Waals surface area (Å²) in [6, 6.07) is 8.18. The van der Waals surface area contributed by atoms with Gasteiger partial charge in [-0.3, -0.25) is 0 Å². The zero-order valence-electron chi connectivity index (χ0n) is 16.7. The van der Waals surface area contributed by atoms with Crippen LogP contribution in [0.15, 0.2) is 48.4 Å². The minimum Gasteiger partial charge on any atom is -0.241 e. The van der Waals surface area contributed by atoms with Crippen molar-refractivity contribution in [2.45, 2.75) is 51.5 Å². The summed E-state index contributed by atoms with van der Waals surface area (Å²) in [7, 11) is 0. The molecule has 2 atom stereocenters. The van der Waals surface area contributed by atoms with Crippen molar-refractivity contribution in [2.24, 2.45) is 0 Å². The van der Waals surface area contributed by atoms with Gasteiger partial charge in [0.2, 0.25) is 0 Å². The van der Waals surface area contributed by atoms with Crippen molar-refractivity contribution in [2.75, 3.05) is 0 Å². The maximum atomic E-state index is 13.0. The van der Waals surface area contributed by atoms with Gasteiger partial charge in [0.15, 0.2) is 0 Å². The molecular weight excluding hydrogens is 332 g/mol. The zero-order valence-corrected chi connectivity index (χ0v) is 16.7. The molecule has 3 heteroatoms. The van der Waals surface area contributed by atoms with Crippen LogP contribution in [0, 0.1) is 0 Å². The Morgan fingerprint density at radius 1 is 1.11 bits per heavy atom. The van der Waals surface area contributed by atoms with Gasteiger partial charge >= 0.3 is 5.56 Å². The van der Waals surface area contributed by atoms with Gasteiger partial charge in [-0.2, -0.15) is 4.40 Å². The first-order valence-corrected chi connectivity index (χ1v) is 9.71. The fraction of sp³-hybridized carbons (Fsp3) is 0.333. The average Bonchev–Trinajstić information content (AvgIpc) is 2.70. The summed E-state index contributed by atoms with van der Waals surface area (Å²) in [6.07, 6.45) is 7.58. The molecule has 3 aromatic rings. The first-order valence-electron chi connectivity index (χ1n) is 9.71. The van der Waals surface area contributed by atoms with E-state index in [9.17, 15) is 4.79 Å². The molecule has 0 spiro atoms. The molecule has 138 valence electrons. The van der Waals surface area contributed by atoms with Crippen LogP contribution in [-0.4, -0.2) is 4.40 Å². The topological polar surface area (TPSA) is 25.4 Å². The van der Waals surface area contributed by atoms with E-state index >= 15 is 0 Å². The van der Waals surface area contributed by atoms with Gasteiger partial charge in [-0.1, -0.05) is 58.2 Å². The number of hydrogen-bond acceptors (Lipinski definition) is 1. The van der Waals surface area contributed by atoms with E-state index in [2.05, 4.69) is 63.6 Å². The summed E-state index contributed by atoms with van der Waals surface area (Å²) in [5.41, 5.74) is 3.82. The van der Waals surface area contributed by atoms with Crippen molar-refractivity contribution in [3.8, 4) is 0 Å². The highest BCUT2D eigenvalue weighted by atomic mass is 16.1. The van der Waals surface area contributed by atoms with Gasteiger partial charge in [0, 0.05) is 16.4 Å². The molecule has 2 aromatic heterocycles. The second-order valence-corrected chi connectivity index (χ2v) is 7.93. The third-order valence-corrected chi connectivity index (χ3v) is 7.23.